The fourth-order valence-electron chi connectivity index (χ4n) is 2.64. The monoisotopic (exact) mass is 413 g/mol. The summed E-state index contributed by atoms with van der Waals surface area (Å²) in [6.07, 6.45) is 0.695. The first-order valence-corrected chi connectivity index (χ1v) is 9.68. The molecule has 0 aliphatic heterocycles. The van der Waals surface area contributed by atoms with E-state index in [4.69, 9.17) is 0 Å². The smallest absolute Gasteiger partial charge is 0.238 e. The van der Waals surface area contributed by atoms with Crippen LogP contribution in [-0.2, 0) is 9.59 Å². The van der Waals surface area contributed by atoms with Crippen molar-refractivity contribution >= 4 is 28.8 Å². The van der Waals surface area contributed by atoms with Gasteiger partial charge >= 0.3 is 0 Å². The summed E-state index contributed by atoms with van der Waals surface area (Å²) in [5.41, 5.74) is -0.448. The molecule has 2 amide bonds. The molecule has 0 unspecified atom stereocenters. The van der Waals surface area contributed by atoms with Crippen molar-refractivity contribution in [1.82, 2.24) is 10.2 Å². The molecule has 0 fully saturated rings. The van der Waals surface area contributed by atoms with Gasteiger partial charge < -0.3 is 10.6 Å². The van der Waals surface area contributed by atoms with Gasteiger partial charge in [-0.25, -0.2) is 13.2 Å². The predicted octanol–water partition coefficient (Wildman–Crippen LogP) is 3.69. The summed E-state index contributed by atoms with van der Waals surface area (Å²) in [4.78, 5) is 27.1. The minimum Gasteiger partial charge on any atom is -0.348 e. The molecule has 2 N–H and O–H groups in total. The summed E-state index contributed by atoms with van der Waals surface area (Å²) in [6.45, 7) is 4.03. The largest absolute Gasteiger partial charge is 0.348 e. The standard InChI is InChI=1S/C19H22F3N3O2S/c1-3-8-25(10-16(26)23-12(2)15-5-4-9-28-15)11-17(27)24-14-7-6-13(20)18(21)19(14)22/h4-7,9,12H,3,8,10-11H2,1-2H3,(H,23,26)(H,24,27)/t12-/m0/s1. The van der Waals surface area contributed by atoms with E-state index in [1.165, 1.54) is 11.3 Å². The van der Waals surface area contributed by atoms with Crippen LogP contribution in [-0.4, -0.2) is 36.3 Å². The Hall–Kier alpha value is -2.39. The maximum Gasteiger partial charge on any atom is 0.238 e. The zero-order valence-electron chi connectivity index (χ0n) is 15.6. The van der Waals surface area contributed by atoms with Crippen LogP contribution in [0.3, 0.4) is 0 Å². The van der Waals surface area contributed by atoms with Gasteiger partial charge in [-0.3, -0.25) is 14.5 Å². The van der Waals surface area contributed by atoms with Crippen LogP contribution in [0.4, 0.5) is 18.9 Å². The summed E-state index contributed by atoms with van der Waals surface area (Å²) < 4.78 is 39.9. The molecule has 9 heteroatoms. The number of hydrogen-bond donors (Lipinski definition) is 2. The number of nitrogens with zero attached hydrogens (tertiary/aromatic N) is 1. The third kappa shape index (κ3) is 6.07. The quantitative estimate of drug-likeness (QED) is 0.617. The van der Waals surface area contributed by atoms with Crippen LogP contribution < -0.4 is 10.6 Å². The number of halogens is 3. The molecule has 0 radical (unpaired) electrons. The minimum atomic E-state index is -1.65. The molecule has 0 aliphatic carbocycles. The molecular weight excluding hydrogens is 391 g/mol. The van der Waals surface area contributed by atoms with Crippen LogP contribution in [0.2, 0.25) is 0 Å². The van der Waals surface area contributed by atoms with Crippen LogP contribution in [0.5, 0.6) is 0 Å². The molecule has 1 heterocycles. The predicted molar refractivity (Wildman–Crippen MR) is 103 cm³/mol. The molecule has 152 valence electrons. The molecule has 2 aromatic rings. The van der Waals surface area contributed by atoms with Crippen molar-refractivity contribution in [3.63, 3.8) is 0 Å². The fourth-order valence-corrected chi connectivity index (χ4v) is 3.38. The normalized spacial score (nSPS) is 12.1. The summed E-state index contributed by atoms with van der Waals surface area (Å²) in [5.74, 6) is -5.32. The number of benzene rings is 1. The molecule has 0 saturated heterocycles. The summed E-state index contributed by atoms with van der Waals surface area (Å²) in [7, 11) is 0. The lowest BCUT2D eigenvalue weighted by Gasteiger charge is -2.22. The second-order valence-electron chi connectivity index (χ2n) is 6.29. The Kier molecular flexibility index (Phi) is 8.01. The van der Waals surface area contributed by atoms with Crippen LogP contribution >= 0.6 is 11.3 Å². The van der Waals surface area contributed by atoms with Crippen molar-refractivity contribution in [2.45, 2.75) is 26.3 Å². The van der Waals surface area contributed by atoms with Gasteiger partial charge in [0, 0.05) is 4.88 Å². The van der Waals surface area contributed by atoms with Gasteiger partial charge in [0.05, 0.1) is 24.8 Å². The van der Waals surface area contributed by atoms with E-state index in [9.17, 15) is 22.8 Å². The summed E-state index contributed by atoms with van der Waals surface area (Å²) in [5, 5.41) is 6.99. The third-order valence-corrected chi connectivity index (χ3v) is 4.99. The maximum absolute atomic E-state index is 13.7. The molecule has 2 rings (SSSR count). The van der Waals surface area contributed by atoms with Gasteiger partial charge in [0.25, 0.3) is 0 Å². The third-order valence-electron chi connectivity index (χ3n) is 3.93. The van der Waals surface area contributed by atoms with Crippen molar-refractivity contribution in [2.24, 2.45) is 0 Å². The van der Waals surface area contributed by atoms with Gasteiger partial charge in [0.2, 0.25) is 11.8 Å². The fraction of sp³-hybridized carbons (Fsp3) is 0.368. The average Bonchev–Trinajstić information content (AvgIpc) is 3.17. The SMILES string of the molecule is CCCN(CC(=O)Nc1ccc(F)c(F)c1F)CC(=O)N[C@@H](C)c1cccs1. The van der Waals surface area contributed by atoms with Crippen molar-refractivity contribution in [1.29, 1.82) is 0 Å². The van der Waals surface area contributed by atoms with E-state index in [2.05, 4.69) is 10.6 Å². The molecule has 0 spiro atoms. The molecule has 0 aliphatic rings. The Balaban J connectivity index is 1.93. The highest BCUT2D eigenvalue weighted by molar-refractivity contribution is 7.10. The van der Waals surface area contributed by atoms with Gasteiger partial charge in [-0.05, 0) is 43.5 Å². The zero-order chi connectivity index (χ0) is 20.7. The molecular formula is C19H22F3N3O2S. The average molecular weight is 413 g/mol. The highest BCUT2D eigenvalue weighted by atomic mass is 32.1. The molecule has 0 saturated carbocycles. The first kappa shape index (κ1) is 21.9. The molecule has 1 aromatic heterocycles. The lowest BCUT2D eigenvalue weighted by atomic mass is 10.2. The number of thiophene rings is 1. The second-order valence-corrected chi connectivity index (χ2v) is 7.27. The van der Waals surface area contributed by atoms with Gasteiger partial charge in [-0.15, -0.1) is 11.3 Å². The van der Waals surface area contributed by atoms with Gasteiger partial charge in [0.1, 0.15) is 0 Å². The summed E-state index contributed by atoms with van der Waals surface area (Å²) in [6, 6.07) is 5.35. The van der Waals surface area contributed by atoms with Crippen LogP contribution in [0.25, 0.3) is 0 Å². The number of hydrogen-bond acceptors (Lipinski definition) is 4. The van der Waals surface area contributed by atoms with Crippen molar-refractivity contribution in [3.8, 4) is 0 Å². The van der Waals surface area contributed by atoms with Gasteiger partial charge in [0.15, 0.2) is 17.5 Å². The van der Waals surface area contributed by atoms with Crippen LogP contribution in [0.15, 0.2) is 29.6 Å². The zero-order valence-corrected chi connectivity index (χ0v) is 16.4. The van der Waals surface area contributed by atoms with Crippen LogP contribution in [0.1, 0.15) is 31.2 Å². The number of amides is 2. The van der Waals surface area contributed by atoms with E-state index < -0.39 is 29.0 Å². The van der Waals surface area contributed by atoms with Crippen molar-refractivity contribution in [3.05, 3.63) is 52.0 Å². The summed E-state index contributed by atoms with van der Waals surface area (Å²) >= 11 is 1.53. The van der Waals surface area contributed by atoms with Crippen molar-refractivity contribution < 1.29 is 22.8 Å². The van der Waals surface area contributed by atoms with Crippen molar-refractivity contribution in [2.75, 3.05) is 25.0 Å². The van der Waals surface area contributed by atoms with E-state index in [0.29, 0.717) is 13.0 Å². The molecule has 1 aromatic carbocycles. The van der Waals surface area contributed by atoms with E-state index in [1.807, 2.05) is 31.4 Å². The number of carbonyl (C=O) groups is 2. The topological polar surface area (TPSA) is 61.4 Å². The van der Waals surface area contributed by atoms with E-state index in [1.54, 1.807) is 4.90 Å². The van der Waals surface area contributed by atoms with E-state index >= 15 is 0 Å². The molecule has 0 bridgehead atoms. The van der Waals surface area contributed by atoms with Gasteiger partial charge in [-0.2, -0.15) is 0 Å². The van der Waals surface area contributed by atoms with Gasteiger partial charge in [-0.1, -0.05) is 13.0 Å². The lowest BCUT2D eigenvalue weighted by molar-refractivity contribution is -0.124. The minimum absolute atomic E-state index is 0.0166. The molecule has 1 atom stereocenters. The maximum atomic E-state index is 13.7. The molecule has 5 nitrogen and oxygen atoms in total. The molecule has 28 heavy (non-hydrogen) atoms. The number of anilines is 1. The first-order valence-electron chi connectivity index (χ1n) is 8.80. The Bertz CT molecular complexity index is 815. The van der Waals surface area contributed by atoms with E-state index in [-0.39, 0.29) is 25.0 Å². The number of rotatable bonds is 9. The van der Waals surface area contributed by atoms with E-state index in [0.717, 1.165) is 17.0 Å². The lowest BCUT2D eigenvalue weighted by Crippen LogP contribution is -2.42. The Morgan fingerprint density at radius 2 is 1.82 bits per heavy atom. The number of nitrogens with one attached hydrogen (secondary N) is 2. The van der Waals surface area contributed by atoms with Crippen LogP contribution in [0, 0.1) is 17.5 Å². The highest BCUT2D eigenvalue weighted by Crippen LogP contribution is 2.20. The second kappa shape index (κ2) is 10.2. The first-order chi connectivity index (χ1) is 13.3. The Morgan fingerprint density at radius 1 is 1.11 bits per heavy atom. The number of carbonyl (C=O) groups excluding carboxylic acids is 2. The highest BCUT2D eigenvalue weighted by Gasteiger charge is 2.19. The Labute approximate surface area is 165 Å². The Morgan fingerprint density at radius 3 is 2.46 bits per heavy atom.